The van der Waals surface area contributed by atoms with Crippen molar-refractivity contribution in [3.8, 4) is 11.1 Å². The van der Waals surface area contributed by atoms with E-state index in [1.165, 1.54) is 250 Å². The first-order valence-corrected chi connectivity index (χ1v) is 33.8. The van der Waals surface area contributed by atoms with Crippen molar-refractivity contribution in [1.29, 1.82) is 0 Å². The summed E-state index contributed by atoms with van der Waals surface area (Å²) in [5.41, 5.74) is 20.4. The van der Waals surface area contributed by atoms with E-state index in [1.807, 2.05) is 0 Å². The zero-order valence-corrected chi connectivity index (χ0v) is 50.8. The third-order valence-corrected chi connectivity index (χ3v) is 21.9. The zero-order chi connectivity index (χ0) is 57.7. The van der Waals surface area contributed by atoms with E-state index in [2.05, 4.69) is 240 Å². The quantitative estimate of drug-likeness (QED) is 0.113. The summed E-state index contributed by atoms with van der Waals surface area (Å²) in [5, 5.41) is 7.68. The third kappa shape index (κ3) is 9.78. The molecule has 0 unspecified atom stereocenters. The van der Waals surface area contributed by atoms with Crippen LogP contribution in [-0.2, 0) is 5.41 Å². The molecule has 0 aliphatic heterocycles. The van der Waals surface area contributed by atoms with Crippen LogP contribution in [-0.4, -0.2) is 0 Å². The topological polar surface area (TPSA) is 6.48 Å². The second-order valence-corrected chi connectivity index (χ2v) is 26.8. The zero-order valence-electron chi connectivity index (χ0n) is 50.8. The summed E-state index contributed by atoms with van der Waals surface area (Å²) in [4.78, 5) is 5.06. The molecule has 0 aromatic heterocycles. The molecule has 5 aliphatic carbocycles. The summed E-state index contributed by atoms with van der Waals surface area (Å²) in [6, 6.07) is 90.9. The predicted octanol–water partition coefficient (Wildman–Crippen LogP) is 24.6. The Labute approximate surface area is 516 Å². The molecule has 16 rings (SSSR count). The van der Waals surface area contributed by atoms with Gasteiger partial charge in [-0.2, -0.15) is 0 Å². The van der Waals surface area contributed by atoms with Crippen molar-refractivity contribution in [2.45, 2.75) is 158 Å². The highest BCUT2D eigenvalue weighted by molar-refractivity contribution is 6.21. The predicted molar refractivity (Wildman–Crippen MR) is 369 cm³/mol. The summed E-state index contributed by atoms with van der Waals surface area (Å²) < 4.78 is 0. The molecule has 0 amide bonds. The number of hydrogen-bond donors (Lipinski definition) is 0. The van der Waals surface area contributed by atoms with Gasteiger partial charge in [-0.15, -0.1) is 0 Å². The number of hydrogen-bond acceptors (Lipinski definition) is 2. The van der Waals surface area contributed by atoms with E-state index in [4.69, 9.17) is 0 Å². The number of anilines is 6. The van der Waals surface area contributed by atoms with E-state index >= 15 is 0 Å². The van der Waals surface area contributed by atoms with E-state index in [1.54, 1.807) is 0 Å². The van der Waals surface area contributed by atoms with Gasteiger partial charge in [0.2, 0.25) is 0 Å². The lowest BCUT2D eigenvalue weighted by Gasteiger charge is -2.36. The van der Waals surface area contributed by atoms with Crippen molar-refractivity contribution < 1.29 is 0 Å². The van der Waals surface area contributed by atoms with Crippen molar-refractivity contribution >= 4 is 66.4 Å². The standard InChI is InChI=1S/C85H82N2/c1-7-21-59(22-8-1)63-35-44-70(45-36-63)86(71-46-37-64(38-47-71)60-23-9-2-10-24-60)74-52-55-76-67(57-74)43-54-80-82-78-34-20-19-33-77(78)81-58-75(53-56-79(81)84(82)85(83(76)80,68-29-15-5-16-30-68)69-31-17-6-18-32-69)87(72-48-39-65(40-49-72)61-25-11-3-12-26-61)73-50-41-66(42-51-73)62-27-13-4-14-28-62/h5-6,15-20,29-62H,1-4,7-14,21-28H2. The summed E-state index contributed by atoms with van der Waals surface area (Å²) in [5.74, 6) is 2.62. The monoisotopic (exact) mass is 1130 g/mol. The van der Waals surface area contributed by atoms with Crippen LogP contribution in [0.5, 0.6) is 0 Å². The summed E-state index contributed by atoms with van der Waals surface area (Å²) >= 11 is 0. The molecule has 0 N–H and O–H groups in total. The molecule has 0 atom stereocenters. The van der Waals surface area contributed by atoms with Gasteiger partial charge in [-0.05, 0) is 236 Å². The van der Waals surface area contributed by atoms with Crippen LogP contribution in [0, 0.1) is 0 Å². The number of benzene rings is 11. The first-order chi connectivity index (χ1) is 43.2. The Morgan fingerprint density at radius 1 is 0.253 bits per heavy atom. The van der Waals surface area contributed by atoms with Crippen LogP contribution in [0.2, 0.25) is 0 Å². The maximum absolute atomic E-state index is 2.54. The summed E-state index contributed by atoms with van der Waals surface area (Å²) in [6.07, 6.45) is 26.5. The number of rotatable bonds is 12. The summed E-state index contributed by atoms with van der Waals surface area (Å²) in [6.45, 7) is 0. The fourth-order valence-electron chi connectivity index (χ4n) is 17.5. The van der Waals surface area contributed by atoms with Crippen molar-refractivity contribution in [3.05, 3.63) is 275 Å². The van der Waals surface area contributed by atoms with E-state index in [0.717, 1.165) is 0 Å². The molecule has 0 spiro atoms. The fourth-order valence-corrected chi connectivity index (χ4v) is 17.5. The fraction of sp³-hybridized carbons (Fsp3) is 0.294. The van der Waals surface area contributed by atoms with Gasteiger partial charge in [0, 0.05) is 34.1 Å². The second-order valence-electron chi connectivity index (χ2n) is 26.8. The molecular weight excluding hydrogens is 1050 g/mol. The highest BCUT2D eigenvalue weighted by Crippen LogP contribution is 2.62. The van der Waals surface area contributed by atoms with Gasteiger partial charge in [-0.25, -0.2) is 0 Å². The molecule has 0 saturated heterocycles. The van der Waals surface area contributed by atoms with Gasteiger partial charge >= 0.3 is 0 Å². The van der Waals surface area contributed by atoms with Gasteiger partial charge in [0.05, 0.1) is 5.41 Å². The normalized spacial score (nSPS) is 17.6. The molecule has 87 heavy (non-hydrogen) atoms. The van der Waals surface area contributed by atoms with Gasteiger partial charge < -0.3 is 9.80 Å². The van der Waals surface area contributed by atoms with Crippen molar-refractivity contribution in [2.75, 3.05) is 9.80 Å². The van der Waals surface area contributed by atoms with Gasteiger partial charge in [0.15, 0.2) is 0 Å². The average molecular weight is 1130 g/mol. The molecule has 11 aromatic carbocycles. The molecule has 2 heteroatoms. The van der Waals surface area contributed by atoms with E-state index < -0.39 is 5.41 Å². The van der Waals surface area contributed by atoms with Crippen LogP contribution in [0.3, 0.4) is 0 Å². The Balaban J connectivity index is 0.884. The molecule has 4 saturated carbocycles. The van der Waals surface area contributed by atoms with Crippen molar-refractivity contribution in [2.24, 2.45) is 0 Å². The molecular formula is C85H82N2. The van der Waals surface area contributed by atoms with Crippen LogP contribution in [0.4, 0.5) is 34.1 Å². The Hall–Kier alpha value is -8.20. The molecule has 0 bridgehead atoms. The lowest BCUT2D eigenvalue weighted by Crippen LogP contribution is -2.29. The number of nitrogens with zero attached hydrogens (tertiary/aromatic N) is 2. The Bertz CT molecular complexity index is 4050. The highest BCUT2D eigenvalue weighted by atomic mass is 15.1. The van der Waals surface area contributed by atoms with E-state index in [0.29, 0.717) is 23.7 Å². The minimum atomic E-state index is -0.662. The molecule has 5 aliphatic rings. The first kappa shape index (κ1) is 54.2. The minimum Gasteiger partial charge on any atom is -0.310 e. The average Bonchev–Trinajstić information content (AvgIpc) is 1.57. The van der Waals surface area contributed by atoms with Crippen LogP contribution in [0.15, 0.2) is 231 Å². The maximum atomic E-state index is 2.54. The van der Waals surface area contributed by atoms with E-state index in [-0.39, 0.29) is 0 Å². The second kappa shape index (κ2) is 23.5. The molecule has 11 aromatic rings. The maximum Gasteiger partial charge on any atom is 0.0725 e. The lowest BCUT2D eigenvalue weighted by atomic mass is 9.65. The van der Waals surface area contributed by atoms with Gasteiger partial charge in [0.1, 0.15) is 0 Å². The SMILES string of the molecule is c1ccc(C2(c3ccccc3)c3c(ccc4cc(N(c5ccc(C6CCCCC6)cc5)c5ccc(C6CCCCC6)cc5)ccc34)-c3c2c2ccc(N(c4ccc(C5CCCCC5)cc4)c4ccc(C5CCCCC5)cc4)cc2c2ccccc32)cc1. The molecule has 2 nitrogen and oxygen atoms in total. The molecule has 0 radical (unpaired) electrons. The molecule has 432 valence electrons. The largest absolute Gasteiger partial charge is 0.310 e. The van der Waals surface area contributed by atoms with Gasteiger partial charge in [0.25, 0.3) is 0 Å². The Morgan fingerprint density at radius 3 is 1.02 bits per heavy atom. The van der Waals surface area contributed by atoms with Crippen molar-refractivity contribution in [1.82, 2.24) is 0 Å². The van der Waals surface area contributed by atoms with Crippen LogP contribution in [0.25, 0.3) is 43.4 Å². The Kier molecular flexibility index (Phi) is 14.6. The van der Waals surface area contributed by atoms with Crippen LogP contribution in [0.1, 0.15) is 197 Å². The smallest absolute Gasteiger partial charge is 0.0725 e. The molecule has 4 fully saturated rings. The Morgan fingerprint density at radius 2 is 0.609 bits per heavy atom. The van der Waals surface area contributed by atoms with Crippen LogP contribution >= 0.6 is 0 Å². The number of fused-ring (bicyclic) bond motifs is 10. The lowest BCUT2D eigenvalue weighted by molar-refractivity contribution is 0.443. The van der Waals surface area contributed by atoms with Gasteiger partial charge in [-0.3, -0.25) is 0 Å². The van der Waals surface area contributed by atoms with Crippen molar-refractivity contribution in [3.63, 3.8) is 0 Å². The third-order valence-electron chi connectivity index (χ3n) is 21.9. The minimum absolute atomic E-state index is 0.653. The first-order valence-electron chi connectivity index (χ1n) is 33.8. The molecule has 0 heterocycles. The summed E-state index contributed by atoms with van der Waals surface area (Å²) in [7, 11) is 0. The highest BCUT2D eigenvalue weighted by Gasteiger charge is 2.49. The van der Waals surface area contributed by atoms with E-state index in [9.17, 15) is 0 Å². The van der Waals surface area contributed by atoms with Crippen LogP contribution < -0.4 is 9.80 Å². The van der Waals surface area contributed by atoms with Gasteiger partial charge in [-0.1, -0.05) is 235 Å².